The predicted octanol–water partition coefficient (Wildman–Crippen LogP) is 6.14. The Morgan fingerprint density at radius 3 is 2.59 bits per heavy atom. The van der Waals surface area contributed by atoms with Crippen LogP contribution in [0.25, 0.3) is 27.4 Å². The second-order valence-corrected chi connectivity index (χ2v) is 12.0. The summed E-state index contributed by atoms with van der Waals surface area (Å²) in [5.41, 5.74) is 3.39. The molecule has 4 aromatic heterocycles. The van der Waals surface area contributed by atoms with E-state index in [0.717, 1.165) is 34.5 Å². The third kappa shape index (κ3) is 5.06. The van der Waals surface area contributed by atoms with E-state index >= 15 is 0 Å². The van der Waals surface area contributed by atoms with Crippen LogP contribution < -0.4 is 14.2 Å². The molecule has 1 aliphatic heterocycles. The van der Waals surface area contributed by atoms with Crippen LogP contribution in [0.4, 0.5) is 0 Å². The molecule has 0 amide bonds. The maximum absolute atomic E-state index is 12.0. The average molecular weight is 633 g/mol. The molecular formula is C31H28N4O7S2. The highest BCUT2D eigenvalue weighted by molar-refractivity contribution is 7.18. The van der Waals surface area contributed by atoms with E-state index in [9.17, 15) is 4.79 Å². The third-order valence-electron chi connectivity index (χ3n) is 7.80. The number of benzene rings is 2. The summed E-state index contributed by atoms with van der Waals surface area (Å²) in [6.45, 7) is 1.53. The average Bonchev–Trinajstić information content (AvgIpc) is 3.86. The van der Waals surface area contributed by atoms with Gasteiger partial charge in [-0.3, -0.25) is 0 Å². The minimum absolute atomic E-state index is 0.261. The Kier molecular flexibility index (Phi) is 7.44. The van der Waals surface area contributed by atoms with Crippen molar-refractivity contribution in [3.05, 3.63) is 75.9 Å². The highest BCUT2D eigenvalue weighted by atomic mass is 32.1. The largest absolute Gasteiger partial charge is 0.496 e. The fourth-order valence-corrected chi connectivity index (χ4v) is 7.25. The van der Waals surface area contributed by atoms with Crippen LogP contribution in [0.1, 0.15) is 39.5 Å². The number of carbonyl (C=O) groups excluding carboxylic acids is 1. The van der Waals surface area contributed by atoms with Gasteiger partial charge in [0.2, 0.25) is 4.96 Å². The maximum Gasteiger partial charge on any atom is 0.337 e. The van der Waals surface area contributed by atoms with Crippen molar-refractivity contribution in [1.29, 1.82) is 0 Å². The lowest BCUT2D eigenvalue weighted by Crippen LogP contribution is -2.35. The molecule has 0 radical (unpaired) electrons. The van der Waals surface area contributed by atoms with Crippen LogP contribution in [0, 0.1) is 0 Å². The van der Waals surface area contributed by atoms with Gasteiger partial charge >= 0.3 is 5.97 Å². The van der Waals surface area contributed by atoms with Gasteiger partial charge in [0.25, 0.3) is 5.19 Å². The Hall–Kier alpha value is -4.46. The normalized spacial score (nSPS) is 14.6. The summed E-state index contributed by atoms with van der Waals surface area (Å²) >= 11 is 2.96. The van der Waals surface area contributed by atoms with Gasteiger partial charge in [-0.05, 0) is 47.9 Å². The summed E-state index contributed by atoms with van der Waals surface area (Å²) < 4.78 is 35.5. The zero-order chi connectivity index (χ0) is 30.3. The van der Waals surface area contributed by atoms with E-state index < -0.39 is 0 Å². The molecular weight excluding hydrogens is 604 g/mol. The summed E-state index contributed by atoms with van der Waals surface area (Å²) in [5, 5.41) is 8.71. The summed E-state index contributed by atoms with van der Waals surface area (Å²) in [6, 6.07) is 13.2. The first-order chi connectivity index (χ1) is 21.5. The van der Waals surface area contributed by atoms with E-state index in [2.05, 4.69) is 10.1 Å². The minimum atomic E-state index is -0.356. The smallest absolute Gasteiger partial charge is 0.337 e. The number of hydrogen-bond donors (Lipinski definition) is 0. The number of carbonyl (C=O) groups is 1. The van der Waals surface area contributed by atoms with E-state index in [1.807, 2.05) is 47.8 Å². The highest BCUT2D eigenvalue weighted by Crippen LogP contribution is 2.43. The van der Waals surface area contributed by atoms with Crippen molar-refractivity contribution in [1.82, 2.24) is 19.6 Å². The molecule has 1 fully saturated rings. The van der Waals surface area contributed by atoms with Gasteiger partial charge in [0.15, 0.2) is 5.76 Å². The maximum atomic E-state index is 12.0. The van der Waals surface area contributed by atoms with E-state index in [1.54, 1.807) is 36.3 Å². The summed E-state index contributed by atoms with van der Waals surface area (Å²) in [5.74, 6) is 1.46. The Labute approximate surface area is 259 Å². The quantitative estimate of drug-likeness (QED) is 0.172. The molecule has 11 nitrogen and oxygen atoms in total. The van der Waals surface area contributed by atoms with Crippen LogP contribution >= 0.6 is 22.7 Å². The molecule has 0 N–H and O–H groups in total. The van der Waals surface area contributed by atoms with E-state index in [1.165, 1.54) is 18.4 Å². The molecule has 0 aliphatic carbocycles. The fraction of sp³-hybridized carbons (Fsp3) is 0.290. The summed E-state index contributed by atoms with van der Waals surface area (Å²) in [4.78, 5) is 22.4. The minimum Gasteiger partial charge on any atom is -0.496 e. The van der Waals surface area contributed by atoms with Gasteiger partial charge in [-0.15, -0.1) is 16.4 Å². The molecule has 7 rings (SSSR count). The van der Waals surface area contributed by atoms with Crippen LogP contribution in [-0.4, -0.2) is 60.1 Å². The van der Waals surface area contributed by atoms with Crippen LogP contribution in [0.2, 0.25) is 0 Å². The van der Waals surface area contributed by atoms with E-state index in [0.29, 0.717) is 57.5 Å². The zero-order valence-corrected chi connectivity index (χ0v) is 25.8. The van der Waals surface area contributed by atoms with Gasteiger partial charge in [-0.2, -0.15) is 0 Å². The first kappa shape index (κ1) is 28.3. The highest BCUT2D eigenvalue weighted by Gasteiger charge is 2.39. The number of nitrogens with zero attached hydrogens (tertiary/aromatic N) is 4. The topological polar surface area (TPSA) is 119 Å². The number of thiazole rings is 1. The molecule has 0 spiro atoms. The van der Waals surface area contributed by atoms with Gasteiger partial charge in [0.1, 0.15) is 34.4 Å². The Morgan fingerprint density at radius 2 is 1.86 bits per heavy atom. The van der Waals surface area contributed by atoms with Gasteiger partial charge in [-0.25, -0.2) is 19.3 Å². The predicted molar refractivity (Wildman–Crippen MR) is 164 cm³/mol. The van der Waals surface area contributed by atoms with Crippen molar-refractivity contribution < 1.29 is 32.9 Å². The van der Waals surface area contributed by atoms with Gasteiger partial charge in [0, 0.05) is 30.7 Å². The standard InChI is InChI=1S/C31H28N4O7S2/c1-37-21-12-24(22-14-26(42-25(22)13-21)23-15-35-29(33-23)44-30(34-35)39-3)41-16-20-17-43-28(32-20)31(8-10-40-11-9-31)19-6-4-18(5-7-19)27(36)38-2/h4-7,12-15,17H,8-11,16H2,1-3H3. The number of esters is 1. The van der Waals surface area contributed by atoms with Crippen molar-refractivity contribution >= 4 is 44.6 Å². The zero-order valence-electron chi connectivity index (χ0n) is 24.2. The van der Waals surface area contributed by atoms with Crippen LogP contribution in [0.5, 0.6) is 16.7 Å². The molecule has 13 heteroatoms. The molecule has 5 heterocycles. The molecule has 6 aromatic rings. The van der Waals surface area contributed by atoms with Crippen molar-refractivity contribution in [3.63, 3.8) is 0 Å². The Bertz CT molecular complexity index is 1920. The second-order valence-electron chi connectivity index (χ2n) is 10.3. The molecule has 0 bridgehead atoms. The van der Waals surface area contributed by atoms with Crippen molar-refractivity contribution in [2.75, 3.05) is 34.5 Å². The summed E-state index contributed by atoms with van der Waals surface area (Å²) in [6.07, 6.45) is 3.39. The van der Waals surface area contributed by atoms with Crippen molar-refractivity contribution in [3.8, 4) is 28.1 Å². The third-order valence-corrected chi connectivity index (χ3v) is 9.78. The molecule has 2 aromatic carbocycles. The van der Waals surface area contributed by atoms with Crippen LogP contribution in [0.15, 0.2) is 58.5 Å². The lowest BCUT2D eigenvalue weighted by atomic mass is 9.74. The lowest BCUT2D eigenvalue weighted by Gasteiger charge is -2.36. The molecule has 1 aliphatic rings. The lowest BCUT2D eigenvalue weighted by molar-refractivity contribution is 0.0597. The van der Waals surface area contributed by atoms with E-state index in [4.69, 9.17) is 33.1 Å². The number of furan rings is 1. The Morgan fingerprint density at radius 1 is 1.05 bits per heavy atom. The molecule has 0 unspecified atom stereocenters. The second kappa shape index (κ2) is 11.6. The number of hydrogen-bond acceptors (Lipinski definition) is 12. The van der Waals surface area contributed by atoms with Crippen LogP contribution in [-0.2, 0) is 21.5 Å². The Balaban J connectivity index is 1.15. The number of imidazole rings is 1. The number of aromatic nitrogens is 4. The molecule has 226 valence electrons. The first-order valence-electron chi connectivity index (χ1n) is 13.9. The van der Waals surface area contributed by atoms with Crippen LogP contribution in [0.3, 0.4) is 0 Å². The molecule has 44 heavy (non-hydrogen) atoms. The van der Waals surface area contributed by atoms with E-state index in [-0.39, 0.29) is 18.0 Å². The molecule has 0 atom stereocenters. The number of ether oxygens (including phenoxy) is 5. The fourth-order valence-electron chi connectivity index (χ4n) is 5.46. The first-order valence-corrected chi connectivity index (χ1v) is 15.6. The van der Waals surface area contributed by atoms with Gasteiger partial charge < -0.3 is 28.1 Å². The molecule has 0 saturated carbocycles. The van der Waals surface area contributed by atoms with Crippen molar-refractivity contribution in [2.24, 2.45) is 0 Å². The SMILES string of the molecule is COC(=O)c1ccc(C2(c3nc(COc4cc(OC)cc5oc(-c6cn7nc(OC)sc7n6)cc45)cs3)CCOCC2)cc1. The molecule has 1 saturated heterocycles. The summed E-state index contributed by atoms with van der Waals surface area (Å²) in [7, 11) is 4.57. The van der Waals surface area contributed by atoms with Gasteiger partial charge in [0.05, 0.1) is 49.6 Å². The van der Waals surface area contributed by atoms with Gasteiger partial charge in [-0.1, -0.05) is 12.1 Å². The monoisotopic (exact) mass is 632 g/mol. The number of rotatable bonds is 9. The number of methoxy groups -OCH3 is 3. The number of fused-ring (bicyclic) bond motifs is 2. The van der Waals surface area contributed by atoms with Crippen molar-refractivity contribution in [2.45, 2.75) is 24.9 Å².